The smallest absolute Gasteiger partial charge is 0.0750 e. The highest BCUT2D eigenvalue weighted by Crippen LogP contribution is 2.26. The zero-order valence-electron chi connectivity index (χ0n) is 8.55. The molecule has 0 radical (unpaired) electrons. The summed E-state index contributed by atoms with van der Waals surface area (Å²) in [5.41, 5.74) is 7.41. The van der Waals surface area contributed by atoms with E-state index in [2.05, 4.69) is 40.1 Å². The van der Waals surface area contributed by atoms with Gasteiger partial charge in [-0.15, -0.1) is 0 Å². The van der Waals surface area contributed by atoms with Crippen molar-refractivity contribution < 1.29 is 0 Å². The molecule has 0 aliphatic heterocycles. The van der Waals surface area contributed by atoms with Gasteiger partial charge in [-0.1, -0.05) is 13.8 Å². The standard InChI is InChI=1S/C10H16BrN3/c1-7(2)3-4-14-10-8(11)5-13-6-9(10)12/h5-7H,3-4,12H2,1-2H3,(H,13,14). The van der Waals surface area contributed by atoms with Crippen molar-refractivity contribution in [2.75, 3.05) is 17.6 Å². The second-order valence-corrected chi connectivity index (χ2v) is 4.55. The van der Waals surface area contributed by atoms with Crippen molar-refractivity contribution >= 4 is 27.3 Å². The zero-order valence-corrected chi connectivity index (χ0v) is 10.1. The number of anilines is 2. The second-order valence-electron chi connectivity index (χ2n) is 3.69. The summed E-state index contributed by atoms with van der Waals surface area (Å²) >= 11 is 3.41. The van der Waals surface area contributed by atoms with Gasteiger partial charge in [0.25, 0.3) is 0 Å². The van der Waals surface area contributed by atoms with E-state index in [0.717, 1.165) is 23.1 Å². The van der Waals surface area contributed by atoms with Crippen LogP contribution >= 0.6 is 15.9 Å². The summed E-state index contributed by atoms with van der Waals surface area (Å²) in [7, 11) is 0. The number of halogens is 1. The van der Waals surface area contributed by atoms with E-state index >= 15 is 0 Å². The number of pyridine rings is 1. The van der Waals surface area contributed by atoms with Crippen LogP contribution in [0.5, 0.6) is 0 Å². The molecule has 0 saturated heterocycles. The predicted octanol–water partition coefficient (Wildman–Crippen LogP) is 2.88. The summed E-state index contributed by atoms with van der Waals surface area (Å²) in [6.07, 6.45) is 4.53. The van der Waals surface area contributed by atoms with Gasteiger partial charge in [0.05, 0.1) is 22.0 Å². The van der Waals surface area contributed by atoms with Crippen LogP contribution in [0.3, 0.4) is 0 Å². The number of nitrogens with two attached hydrogens (primary N) is 1. The van der Waals surface area contributed by atoms with E-state index in [1.54, 1.807) is 12.4 Å². The zero-order chi connectivity index (χ0) is 10.6. The lowest BCUT2D eigenvalue weighted by Crippen LogP contribution is -2.07. The third kappa shape index (κ3) is 3.18. The monoisotopic (exact) mass is 257 g/mol. The van der Waals surface area contributed by atoms with E-state index in [1.165, 1.54) is 0 Å². The highest BCUT2D eigenvalue weighted by atomic mass is 79.9. The Kier molecular flexibility index (Phi) is 4.20. The number of rotatable bonds is 4. The minimum atomic E-state index is 0.683. The number of nitrogen functional groups attached to an aromatic ring is 1. The summed E-state index contributed by atoms with van der Waals surface area (Å²) < 4.78 is 0.918. The molecule has 0 bridgehead atoms. The Morgan fingerprint density at radius 1 is 1.50 bits per heavy atom. The van der Waals surface area contributed by atoms with Crippen LogP contribution < -0.4 is 11.1 Å². The Morgan fingerprint density at radius 3 is 2.79 bits per heavy atom. The maximum Gasteiger partial charge on any atom is 0.0750 e. The van der Waals surface area contributed by atoms with Gasteiger partial charge in [-0.05, 0) is 28.3 Å². The van der Waals surface area contributed by atoms with Gasteiger partial charge in [0.15, 0.2) is 0 Å². The molecular formula is C10H16BrN3. The topological polar surface area (TPSA) is 50.9 Å². The van der Waals surface area contributed by atoms with E-state index in [-0.39, 0.29) is 0 Å². The van der Waals surface area contributed by atoms with Gasteiger partial charge in [0.2, 0.25) is 0 Å². The van der Waals surface area contributed by atoms with E-state index in [0.29, 0.717) is 11.6 Å². The fourth-order valence-electron chi connectivity index (χ4n) is 1.12. The summed E-state index contributed by atoms with van der Waals surface area (Å²) in [5, 5.41) is 3.30. The average molecular weight is 258 g/mol. The molecule has 1 aromatic rings. The van der Waals surface area contributed by atoms with Crippen LogP contribution in [0.1, 0.15) is 20.3 Å². The van der Waals surface area contributed by atoms with Gasteiger partial charge in [-0.3, -0.25) is 4.98 Å². The minimum absolute atomic E-state index is 0.683. The van der Waals surface area contributed by atoms with Crippen LogP contribution in [0.2, 0.25) is 0 Å². The third-order valence-corrected chi connectivity index (χ3v) is 2.55. The van der Waals surface area contributed by atoms with Crippen molar-refractivity contribution in [1.29, 1.82) is 0 Å². The molecule has 14 heavy (non-hydrogen) atoms. The quantitative estimate of drug-likeness (QED) is 0.873. The molecule has 0 spiro atoms. The van der Waals surface area contributed by atoms with Gasteiger partial charge in [0, 0.05) is 12.7 Å². The Morgan fingerprint density at radius 2 is 2.21 bits per heavy atom. The molecule has 4 heteroatoms. The van der Waals surface area contributed by atoms with Crippen molar-refractivity contribution in [3.63, 3.8) is 0 Å². The highest BCUT2D eigenvalue weighted by molar-refractivity contribution is 9.10. The second kappa shape index (κ2) is 5.20. The van der Waals surface area contributed by atoms with Gasteiger partial charge in [-0.2, -0.15) is 0 Å². The molecule has 3 nitrogen and oxygen atoms in total. The first kappa shape index (κ1) is 11.3. The highest BCUT2D eigenvalue weighted by Gasteiger charge is 2.03. The molecule has 0 saturated carbocycles. The van der Waals surface area contributed by atoms with E-state index in [4.69, 9.17) is 5.73 Å². The normalized spacial score (nSPS) is 10.6. The van der Waals surface area contributed by atoms with Gasteiger partial charge >= 0.3 is 0 Å². The molecule has 0 aliphatic rings. The van der Waals surface area contributed by atoms with Crippen LogP contribution in [-0.2, 0) is 0 Å². The van der Waals surface area contributed by atoms with Crippen molar-refractivity contribution in [1.82, 2.24) is 4.98 Å². The fourth-order valence-corrected chi connectivity index (χ4v) is 1.61. The summed E-state index contributed by atoms with van der Waals surface area (Å²) in [6.45, 7) is 5.34. The SMILES string of the molecule is CC(C)CCNc1c(N)cncc1Br. The largest absolute Gasteiger partial charge is 0.396 e. The third-order valence-electron chi connectivity index (χ3n) is 1.95. The maximum absolute atomic E-state index is 5.78. The van der Waals surface area contributed by atoms with Crippen LogP contribution in [0, 0.1) is 5.92 Å². The first-order valence-electron chi connectivity index (χ1n) is 4.74. The first-order chi connectivity index (χ1) is 6.61. The Balaban J connectivity index is 2.58. The van der Waals surface area contributed by atoms with Crippen LogP contribution in [-0.4, -0.2) is 11.5 Å². The molecule has 0 fully saturated rings. The van der Waals surface area contributed by atoms with E-state index in [9.17, 15) is 0 Å². The Hall–Kier alpha value is -0.770. The van der Waals surface area contributed by atoms with Gasteiger partial charge < -0.3 is 11.1 Å². The van der Waals surface area contributed by atoms with Crippen LogP contribution in [0.25, 0.3) is 0 Å². The molecule has 1 heterocycles. The molecule has 1 aromatic heterocycles. The van der Waals surface area contributed by atoms with E-state index < -0.39 is 0 Å². The van der Waals surface area contributed by atoms with E-state index in [1.807, 2.05) is 0 Å². The fraction of sp³-hybridized carbons (Fsp3) is 0.500. The molecule has 0 amide bonds. The minimum Gasteiger partial charge on any atom is -0.396 e. The molecule has 0 unspecified atom stereocenters. The molecule has 3 N–H and O–H groups in total. The number of hydrogen-bond acceptors (Lipinski definition) is 3. The molecule has 1 rings (SSSR count). The molecule has 78 valence electrons. The number of nitrogens with one attached hydrogen (secondary N) is 1. The van der Waals surface area contributed by atoms with Gasteiger partial charge in [0.1, 0.15) is 0 Å². The van der Waals surface area contributed by atoms with Crippen molar-refractivity contribution in [3.8, 4) is 0 Å². The summed E-state index contributed by atoms with van der Waals surface area (Å²) in [4.78, 5) is 3.98. The lowest BCUT2D eigenvalue weighted by Gasteiger charge is -2.11. The molecule has 0 aliphatic carbocycles. The summed E-state index contributed by atoms with van der Waals surface area (Å²) in [5.74, 6) is 0.698. The molecular weight excluding hydrogens is 242 g/mol. The molecule has 0 aromatic carbocycles. The lowest BCUT2D eigenvalue weighted by molar-refractivity contribution is 0.607. The Bertz CT molecular complexity index is 279. The van der Waals surface area contributed by atoms with Crippen molar-refractivity contribution in [2.45, 2.75) is 20.3 Å². The molecule has 0 atom stereocenters. The van der Waals surface area contributed by atoms with Crippen molar-refractivity contribution in [2.24, 2.45) is 5.92 Å². The number of aromatic nitrogens is 1. The number of hydrogen-bond donors (Lipinski definition) is 2. The average Bonchev–Trinajstić information content (AvgIpc) is 2.09. The summed E-state index contributed by atoms with van der Waals surface area (Å²) in [6, 6.07) is 0. The van der Waals surface area contributed by atoms with Gasteiger partial charge in [-0.25, -0.2) is 0 Å². The maximum atomic E-state index is 5.78. The Labute approximate surface area is 93.2 Å². The lowest BCUT2D eigenvalue weighted by atomic mass is 10.1. The van der Waals surface area contributed by atoms with Crippen LogP contribution in [0.15, 0.2) is 16.9 Å². The van der Waals surface area contributed by atoms with Crippen LogP contribution in [0.4, 0.5) is 11.4 Å². The predicted molar refractivity (Wildman–Crippen MR) is 64.3 cm³/mol. The van der Waals surface area contributed by atoms with Crippen molar-refractivity contribution in [3.05, 3.63) is 16.9 Å². The first-order valence-corrected chi connectivity index (χ1v) is 5.53. The number of nitrogens with zero attached hydrogens (tertiary/aromatic N) is 1.